The number of aromatic hydroxyl groups is 1. The van der Waals surface area contributed by atoms with E-state index in [-0.39, 0.29) is 23.4 Å². The van der Waals surface area contributed by atoms with Crippen LogP contribution in [-0.4, -0.2) is 35.1 Å². The van der Waals surface area contributed by atoms with Gasteiger partial charge >= 0.3 is 6.18 Å². The Morgan fingerprint density at radius 2 is 1.74 bits per heavy atom. The molecular formula is C18H17F3N2O4. The molecule has 4 N–H and O–H groups in total. The van der Waals surface area contributed by atoms with E-state index >= 15 is 0 Å². The van der Waals surface area contributed by atoms with Crippen molar-refractivity contribution in [3.63, 3.8) is 0 Å². The highest BCUT2D eigenvalue weighted by molar-refractivity contribution is 5.96. The summed E-state index contributed by atoms with van der Waals surface area (Å²) in [6.45, 7) is -0.716. The molecule has 0 aliphatic carbocycles. The summed E-state index contributed by atoms with van der Waals surface area (Å²) in [5, 5.41) is 23.9. The van der Waals surface area contributed by atoms with Crippen molar-refractivity contribution >= 4 is 11.8 Å². The van der Waals surface area contributed by atoms with Crippen molar-refractivity contribution < 1.29 is 33.0 Å². The lowest BCUT2D eigenvalue weighted by Crippen LogP contribution is -2.38. The molecule has 0 saturated heterocycles. The number of halogens is 3. The lowest BCUT2D eigenvalue weighted by atomic mass is 10.1. The van der Waals surface area contributed by atoms with Crippen LogP contribution in [-0.2, 0) is 11.0 Å². The fraction of sp³-hybridized carbons (Fsp3) is 0.222. The van der Waals surface area contributed by atoms with E-state index in [1.165, 1.54) is 36.4 Å². The summed E-state index contributed by atoms with van der Waals surface area (Å²) in [7, 11) is 0. The summed E-state index contributed by atoms with van der Waals surface area (Å²) in [5.74, 6) is -1.31. The number of rotatable bonds is 6. The summed E-state index contributed by atoms with van der Waals surface area (Å²) >= 11 is 0. The van der Waals surface area contributed by atoms with Gasteiger partial charge in [-0.05, 0) is 35.9 Å². The fourth-order valence-corrected chi connectivity index (χ4v) is 2.22. The number of carbonyl (C=O) groups excluding carboxylic acids is 2. The third-order valence-electron chi connectivity index (χ3n) is 3.61. The third kappa shape index (κ3) is 6.00. The third-order valence-corrected chi connectivity index (χ3v) is 3.61. The Labute approximate surface area is 152 Å². The second-order valence-electron chi connectivity index (χ2n) is 5.68. The average Bonchev–Trinajstić information content (AvgIpc) is 2.63. The number of alkyl halides is 3. The molecule has 2 aromatic carbocycles. The zero-order valence-electron chi connectivity index (χ0n) is 14.0. The van der Waals surface area contributed by atoms with E-state index in [1.807, 2.05) is 0 Å². The maximum absolute atomic E-state index is 12.7. The molecule has 6 nitrogen and oxygen atoms in total. The standard InChI is InChI=1S/C18H17F3N2O4/c19-18(20,21)13-5-1-3-11(7-13)15(25)9-22-16(26)10-23-17(27)12-4-2-6-14(24)8-12/h1-8,15,24-25H,9-10H2,(H,22,26)(H,23,27)/t15-/m1/s1. The van der Waals surface area contributed by atoms with E-state index in [2.05, 4.69) is 10.6 Å². The summed E-state index contributed by atoms with van der Waals surface area (Å²) in [5.41, 5.74) is -0.732. The molecule has 2 aromatic rings. The molecule has 0 radical (unpaired) electrons. The first-order chi connectivity index (χ1) is 12.7. The Balaban J connectivity index is 1.84. The SMILES string of the molecule is O=C(CNC(=O)c1cccc(O)c1)NC[C@@H](O)c1cccc(C(F)(F)F)c1. The van der Waals surface area contributed by atoms with Crippen molar-refractivity contribution in [3.8, 4) is 5.75 Å². The maximum atomic E-state index is 12.7. The van der Waals surface area contributed by atoms with Gasteiger partial charge in [-0.25, -0.2) is 0 Å². The van der Waals surface area contributed by atoms with Crippen LogP contribution >= 0.6 is 0 Å². The second-order valence-corrected chi connectivity index (χ2v) is 5.68. The van der Waals surface area contributed by atoms with Gasteiger partial charge in [0.25, 0.3) is 5.91 Å². The lowest BCUT2D eigenvalue weighted by Gasteiger charge is -2.14. The highest BCUT2D eigenvalue weighted by Gasteiger charge is 2.30. The second kappa shape index (κ2) is 8.54. The topological polar surface area (TPSA) is 98.7 Å². The summed E-state index contributed by atoms with van der Waals surface area (Å²) in [6.07, 6.45) is -5.87. The van der Waals surface area contributed by atoms with Gasteiger partial charge in [-0.1, -0.05) is 18.2 Å². The van der Waals surface area contributed by atoms with Crippen LogP contribution in [0, 0.1) is 0 Å². The Morgan fingerprint density at radius 1 is 1.04 bits per heavy atom. The molecule has 144 valence electrons. The number of aliphatic hydroxyl groups excluding tert-OH is 1. The molecule has 0 aromatic heterocycles. The van der Waals surface area contributed by atoms with Gasteiger partial charge in [-0.3, -0.25) is 9.59 Å². The van der Waals surface area contributed by atoms with Crippen LogP contribution in [0.25, 0.3) is 0 Å². The number of hydrogen-bond acceptors (Lipinski definition) is 4. The number of carbonyl (C=O) groups is 2. The minimum absolute atomic E-state index is 0.00826. The minimum Gasteiger partial charge on any atom is -0.508 e. The molecule has 9 heteroatoms. The van der Waals surface area contributed by atoms with Crippen LogP contribution in [0.5, 0.6) is 5.75 Å². The van der Waals surface area contributed by atoms with E-state index in [0.717, 1.165) is 12.1 Å². The first kappa shape index (κ1) is 20.2. The largest absolute Gasteiger partial charge is 0.508 e. The number of amides is 2. The van der Waals surface area contributed by atoms with E-state index < -0.39 is 36.2 Å². The molecule has 0 heterocycles. The quantitative estimate of drug-likeness (QED) is 0.614. The number of phenols is 1. The zero-order chi connectivity index (χ0) is 20.0. The van der Waals surface area contributed by atoms with Crippen LogP contribution < -0.4 is 10.6 Å². The van der Waals surface area contributed by atoms with Crippen molar-refractivity contribution in [1.29, 1.82) is 0 Å². The molecule has 2 rings (SSSR count). The van der Waals surface area contributed by atoms with Gasteiger partial charge in [0.2, 0.25) is 5.91 Å². The van der Waals surface area contributed by atoms with Gasteiger partial charge < -0.3 is 20.8 Å². The van der Waals surface area contributed by atoms with Crippen LogP contribution in [0.1, 0.15) is 27.6 Å². The normalized spacial score (nSPS) is 12.3. The van der Waals surface area contributed by atoms with Gasteiger partial charge in [-0.15, -0.1) is 0 Å². The van der Waals surface area contributed by atoms with Gasteiger partial charge in [0, 0.05) is 12.1 Å². The van der Waals surface area contributed by atoms with Gasteiger partial charge in [0.05, 0.1) is 18.2 Å². The number of aliphatic hydroxyl groups is 1. The highest BCUT2D eigenvalue weighted by Crippen LogP contribution is 2.30. The Morgan fingerprint density at radius 3 is 2.41 bits per heavy atom. The molecular weight excluding hydrogens is 365 g/mol. The predicted molar refractivity (Wildman–Crippen MR) is 89.9 cm³/mol. The number of nitrogens with one attached hydrogen (secondary N) is 2. The van der Waals surface area contributed by atoms with Crippen LogP contribution in [0.2, 0.25) is 0 Å². The molecule has 27 heavy (non-hydrogen) atoms. The van der Waals surface area contributed by atoms with Crippen molar-refractivity contribution in [2.45, 2.75) is 12.3 Å². The van der Waals surface area contributed by atoms with Gasteiger partial charge in [-0.2, -0.15) is 13.2 Å². The fourth-order valence-electron chi connectivity index (χ4n) is 2.22. The maximum Gasteiger partial charge on any atom is 0.416 e. The summed E-state index contributed by atoms with van der Waals surface area (Å²) in [4.78, 5) is 23.6. The lowest BCUT2D eigenvalue weighted by molar-refractivity contribution is -0.137. The molecule has 1 atom stereocenters. The smallest absolute Gasteiger partial charge is 0.416 e. The molecule has 0 saturated carbocycles. The summed E-state index contributed by atoms with van der Waals surface area (Å²) in [6, 6.07) is 9.70. The Hall–Kier alpha value is -3.07. The van der Waals surface area contributed by atoms with Crippen LogP contribution in [0.3, 0.4) is 0 Å². The first-order valence-corrected chi connectivity index (χ1v) is 7.86. The number of hydrogen-bond donors (Lipinski definition) is 4. The molecule has 0 fully saturated rings. The molecule has 0 spiro atoms. The van der Waals surface area contributed by atoms with Crippen LogP contribution in [0.15, 0.2) is 48.5 Å². The van der Waals surface area contributed by atoms with Crippen LogP contribution in [0.4, 0.5) is 13.2 Å². The van der Waals surface area contributed by atoms with E-state index in [1.54, 1.807) is 0 Å². The number of phenolic OH excluding ortho intramolecular Hbond substituents is 1. The van der Waals surface area contributed by atoms with E-state index in [0.29, 0.717) is 0 Å². The minimum atomic E-state index is -4.53. The van der Waals surface area contributed by atoms with Crippen molar-refractivity contribution in [1.82, 2.24) is 10.6 Å². The van der Waals surface area contributed by atoms with Crippen molar-refractivity contribution in [3.05, 3.63) is 65.2 Å². The van der Waals surface area contributed by atoms with Crippen molar-refractivity contribution in [2.24, 2.45) is 0 Å². The van der Waals surface area contributed by atoms with Crippen molar-refractivity contribution in [2.75, 3.05) is 13.1 Å². The monoisotopic (exact) mass is 382 g/mol. The van der Waals surface area contributed by atoms with E-state index in [9.17, 15) is 33.0 Å². The summed E-state index contributed by atoms with van der Waals surface area (Å²) < 4.78 is 38.0. The average molecular weight is 382 g/mol. The predicted octanol–water partition coefficient (Wildman–Crippen LogP) is 1.99. The molecule has 0 unspecified atom stereocenters. The Bertz CT molecular complexity index is 824. The zero-order valence-corrected chi connectivity index (χ0v) is 14.0. The molecule has 2 amide bonds. The molecule has 0 bridgehead atoms. The van der Waals surface area contributed by atoms with Gasteiger partial charge in [0.15, 0.2) is 0 Å². The highest BCUT2D eigenvalue weighted by atomic mass is 19.4. The number of benzene rings is 2. The Kier molecular flexibility index (Phi) is 6.40. The molecule has 0 aliphatic heterocycles. The molecule has 0 aliphatic rings. The first-order valence-electron chi connectivity index (χ1n) is 7.86. The van der Waals surface area contributed by atoms with E-state index in [4.69, 9.17) is 0 Å². The van der Waals surface area contributed by atoms with Gasteiger partial charge in [0.1, 0.15) is 5.75 Å².